The van der Waals surface area contributed by atoms with Gasteiger partial charge in [0.25, 0.3) is 0 Å². The summed E-state index contributed by atoms with van der Waals surface area (Å²) in [6.45, 7) is 3.01. The molecule has 4 N–H and O–H groups in total. The van der Waals surface area contributed by atoms with Crippen LogP contribution in [-0.2, 0) is 16.8 Å². The summed E-state index contributed by atoms with van der Waals surface area (Å²) in [6.07, 6.45) is 1.61. The predicted octanol–water partition coefficient (Wildman–Crippen LogP) is 4.51. The molecular weight excluding hydrogens is 535 g/mol. The maximum absolute atomic E-state index is 13.2. The molecule has 0 saturated carbocycles. The number of nitrogens with two attached hydrogens (primary N) is 1. The summed E-state index contributed by atoms with van der Waals surface area (Å²) in [5.41, 5.74) is 8.50. The van der Waals surface area contributed by atoms with Crippen molar-refractivity contribution in [3.63, 3.8) is 0 Å². The molecule has 0 unspecified atom stereocenters. The number of nitrogens with zero attached hydrogens (tertiary/aromatic N) is 1. The van der Waals surface area contributed by atoms with Crippen LogP contribution in [0.3, 0.4) is 0 Å². The van der Waals surface area contributed by atoms with Crippen LogP contribution in [0.4, 0.5) is 4.79 Å². The molecule has 0 spiro atoms. The number of benzene rings is 3. The van der Waals surface area contributed by atoms with Crippen LogP contribution in [0, 0.1) is 5.92 Å². The van der Waals surface area contributed by atoms with Gasteiger partial charge in [0.05, 0.1) is 5.34 Å². The van der Waals surface area contributed by atoms with Crippen molar-refractivity contribution in [2.75, 3.05) is 31.5 Å². The second-order valence-corrected chi connectivity index (χ2v) is 10.1. The first-order valence-corrected chi connectivity index (χ1v) is 13.8. The Bertz CT molecular complexity index is 1170. The van der Waals surface area contributed by atoms with Crippen LogP contribution in [0.1, 0.15) is 33.5 Å². The standard InChI is InChI=1S/C29H32N4O3.CH2Cl2/c30-27(35)29(24-10-3-1-4-11-24,25-12-5-2-6-13-25)26-14-16-33(20-26)17-15-31-28(36)32-19-22-8-7-9-23(18-22)21-34;2-1-3/h1-13,18,21,26H,14-17,19-20H2,(H2,30,35)(H2,31,32,36);1H2/t26-;/m1./s1. The minimum atomic E-state index is -0.919. The summed E-state index contributed by atoms with van der Waals surface area (Å²) >= 11 is 9.53. The average Bonchev–Trinajstić information content (AvgIpc) is 3.43. The van der Waals surface area contributed by atoms with E-state index in [2.05, 4.69) is 15.5 Å². The van der Waals surface area contributed by atoms with E-state index in [0.717, 1.165) is 35.9 Å². The highest BCUT2D eigenvalue weighted by Crippen LogP contribution is 2.43. The smallest absolute Gasteiger partial charge is 0.315 e. The molecule has 7 nitrogen and oxygen atoms in total. The van der Waals surface area contributed by atoms with Crippen LogP contribution in [0.5, 0.6) is 0 Å². The lowest BCUT2D eigenvalue weighted by Crippen LogP contribution is -2.49. The molecule has 4 rings (SSSR count). The fourth-order valence-corrected chi connectivity index (χ4v) is 5.26. The molecule has 3 aromatic rings. The van der Waals surface area contributed by atoms with Gasteiger partial charge in [-0.15, -0.1) is 23.2 Å². The normalized spacial score (nSPS) is 15.1. The van der Waals surface area contributed by atoms with Gasteiger partial charge in [0.1, 0.15) is 11.7 Å². The van der Waals surface area contributed by atoms with E-state index in [9.17, 15) is 14.4 Å². The minimum absolute atomic E-state index is 0.0127. The molecule has 1 fully saturated rings. The van der Waals surface area contributed by atoms with Gasteiger partial charge in [0, 0.05) is 31.7 Å². The lowest BCUT2D eigenvalue weighted by Gasteiger charge is -2.37. The van der Waals surface area contributed by atoms with E-state index in [0.29, 0.717) is 31.7 Å². The van der Waals surface area contributed by atoms with E-state index < -0.39 is 5.41 Å². The molecule has 9 heteroatoms. The minimum Gasteiger partial charge on any atom is -0.369 e. The van der Waals surface area contributed by atoms with Gasteiger partial charge in [0.2, 0.25) is 5.91 Å². The Labute approximate surface area is 239 Å². The van der Waals surface area contributed by atoms with Crippen molar-refractivity contribution in [1.29, 1.82) is 0 Å². The van der Waals surface area contributed by atoms with Crippen molar-refractivity contribution >= 4 is 41.4 Å². The summed E-state index contributed by atoms with van der Waals surface area (Å²) in [4.78, 5) is 38.6. The Morgan fingerprint density at radius 2 is 1.56 bits per heavy atom. The average molecular weight is 570 g/mol. The SMILES string of the molecule is ClCCl.NC(=O)C(c1ccccc1)(c1ccccc1)[C@@H]1CCN(CCNC(=O)NCc2cccc(C=O)c2)C1. The summed E-state index contributed by atoms with van der Waals surface area (Å²) < 4.78 is 0. The number of urea groups is 1. The quantitative estimate of drug-likeness (QED) is 0.247. The molecule has 3 amide bonds. The first-order valence-electron chi connectivity index (χ1n) is 12.8. The van der Waals surface area contributed by atoms with Crippen molar-refractivity contribution < 1.29 is 14.4 Å². The summed E-state index contributed by atoms with van der Waals surface area (Å²) in [5, 5.41) is 5.91. The number of carbonyl (C=O) groups is 3. The van der Waals surface area contributed by atoms with Gasteiger partial charge in [-0.2, -0.15) is 0 Å². The van der Waals surface area contributed by atoms with Crippen molar-refractivity contribution in [2.24, 2.45) is 11.7 Å². The molecular formula is C30H34Cl2N4O3. The van der Waals surface area contributed by atoms with Crippen LogP contribution >= 0.6 is 23.2 Å². The third kappa shape index (κ3) is 7.82. The first-order chi connectivity index (χ1) is 18.9. The van der Waals surface area contributed by atoms with Crippen LogP contribution < -0.4 is 16.4 Å². The van der Waals surface area contributed by atoms with Crippen LogP contribution in [0.25, 0.3) is 0 Å². The van der Waals surface area contributed by atoms with Gasteiger partial charge in [-0.3, -0.25) is 9.59 Å². The molecule has 1 atom stereocenters. The number of aldehydes is 1. The molecule has 0 bridgehead atoms. The number of nitrogens with one attached hydrogen (secondary N) is 2. The van der Waals surface area contributed by atoms with Crippen molar-refractivity contribution in [1.82, 2.24) is 15.5 Å². The van der Waals surface area contributed by atoms with Gasteiger partial charge in [0.15, 0.2) is 0 Å². The van der Waals surface area contributed by atoms with E-state index in [1.54, 1.807) is 18.2 Å². The van der Waals surface area contributed by atoms with E-state index in [1.807, 2.05) is 66.7 Å². The van der Waals surface area contributed by atoms with Gasteiger partial charge >= 0.3 is 6.03 Å². The topological polar surface area (TPSA) is 105 Å². The number of amides is 3. The highest BCUT2D eigenvalue weighted by molar-refractivity contribution is 6.40. The molecule has 0 aliphatic carbocycles. The Morgan fingerprint density at radius 3 is 2.13 bits per heavy atom. The van der Waals surface area contributed by atoms with E-state index in [1.165, 1.54) is 0 Å². The van der Waals surface area contributed by atoms with Crippen molar-refractivity contribution in [3.8, 4) is 0 Å². The predicted molar refractivity (Wildman–Crippen MR) is 156 cm³/mol. The Balaban J connectivity index is 0.00000134. The molecule has 1 saturated heterocycles. The molecule has 206 valence electrons. The number of likely N-dealkylation sites (tertiary alicyclic amines) is 1. The van der Waals surface area contributed by atoms with Crippen LogP contribution in [-0.4, -0.2) is 54.6 Å². The Kier molecular flexibility index (Phi) is 11.8. The van der Waals surface area contributed by atoms with E-state index >= 15 is 0 Å². The van der Waals surface area contributed by atoms with E-state index in [4.69, 9.17) is 28.9 Å². The summed E-state index contributed by atoms with van der Waals surface area (Å²) in [6, 6.07) is 26.5. The number of hydrogen-bond donors (Lipinski definition) is 3. The zero-order valence-corrected chi connectivity index (χ0v) is 23.2. The van der Waals surface area contributed by atoms with Gasteiger partial charge < -0.3 is 21.3 Å². The molecule has 3 aromatic carbocycles. The molecule has 1 heterocycles. The van der Waals surface area contributed by atoms with Gasteiger partial charge in [-0.1, -0.05) is 78.9 Å². The number of carbonyl (C=O) groups excluding carboxylic acids is 3. The highest BCUT2D eigenvalue weighted by atomic mass is 35.5. The van der Waals surface area contributed by atoms with Crippen molar-refractivity contribution in [3.05, 3.63) is 107 Å². The molecule has 0 radical (unpaired) electrons. The number of rotatable bonds is 10. The Morgan fingerprint density at radius 1 is 0.949 bits per heavy atom. The van der Waals surface area contributed by atoms with Gasteiger partial charge in [-0.25, -0.2) is 4.79 Å². The fraction of sp³-hybridized carbons (Fsp3) is 0.300. The molecule has 0 aromatic heterocycles. The van der Waals surface area contributed by atoms with Crippen LogP contribution in [0.15, 0.2) is 84.9 Å². The second kappa shape index (κ2) is 15.3. The second-order valence-electron chi connectivity index (χ2n) is 9.26. The largest absolute Gasteiger partial charge is 0.369 e. The first kappa shape index (κ1) is 30.2. The zero-order valence-electron chi connectivity index (χ0n) is 21.7. The molecule has 1 aliphatic rings. The number of primary amides is 1. The van der Waals surface area contributed by atoms with E-state index in [-0.39, 0.29) is 23.2 Å². The number of halogens is 2. The third-order valence-electron chi connectivity index (χ3n) is 6.99. The van der Waals surface area contributed by atoms with Crippen molar-refractivity contribution in [2.45, 2.75) is 18.4 Å². The van der Waals surface area contributed by atoms with Crippen LogP contribution in [0.2, 0.25) is 0 Å². The number of hydrogen-bond acceptors (Lipinski definition) is 4. The zero-order chi connectivity index (χ0) is 28.1. The highest BCUT2D eigenvalue weighted by Gasteiger charge is 2.49. The summed E-state index contributed by atoms with van der Waals surface area (Å²) in [7, 11) is 0. The molecule has 39 heavy (non-hydrogen) atoms. The lowest BCUT2D eigenvalue weighted by atomic mass is 9.64. The number of alkyl halides is 2. The summed E-state index contributed by atoms with van der Waals surface area (Å²) in [5.74, 6) is -0.332. The maximum atomic E-state index is 13.2. The third-order valence-corrected chi connectivity index (χ3v) is 6.99. The Hall–Kier alpha value is -3.39. The monoisotopic (exact) mass is 568 g/mol. The maximum Gasteiger partial charge on any atom is 0.315 e. The lowest BCUT2D eigenvalue weighted by molar-refractivity contribution is -0.123. The van der Waals surface area contributed by atoms with Gasteiger partial charge in [-0.05, 0) is 41.6 Å². The fourth-order valence-electron chi connectivity index (χ4n) is 5.26. The molecule has 1 aliphatic heterocycles.